The maximum Gasteiger partial charge on any atom is 0.322 e. The second-order valence-corrected chi connectivity index (χ2v) is 4.21. The summed E-state index contributed by atoms with van der Waals surface area (Å²) in [5.74, 6) is -0.813. The third-order valence-electron chi connectivity index (χ3n) is 2.65. The summed E-state index contributed by atoms with van der Waals surface area (Å²) in [6.45, 7) is 1.93. The number of aliphatic carboxylic acids is 1. The van der Waals surface area contributed by atoms with Gasteiger partial charge in [0.1, 0.15) is 6.04 Å². The number of carboxylic acid groups (broad SMARTS) is 1. The molecular weight excluding hydrogens is 228 g/mol. The molecule has 2 rings (SSSR count). The van der Waals surface area contributed by atoms with Crippen LogP contribution in [0.2, 0.25) is 5.02 Å². The smallest absolute Gasteiger partial charge is 0.322 e. The third-order valence-corrected chi connectivity index (χ3v) is 2.88. The number of carbonyl (C=O) groups is 1. The first-order chi connectivity index (χ1) is 7.66. The van der Waals surface area contributed by atoms with Gasteiger partial charge in [-0.25, -0.2) is 0 Å². The average molecular weight is 241 g/mol. The van der Waals surface area contributed by atoms with Crippen molar-refractivity contribution >= 4 is 23.3 Å². The number of hydrogen-bond donors (Lipinski definition) is 2. The van der Waals surface area contributed by atoms with Gasteiger partial charge in [-0.15, -0.1) is 0 Å². The Labute approximate surface area is 98.8 Å². The number of benzene rings is 1. The van der Waals surface area contributed by atoms with Gasteiger partial charge < -0.3 is 15.3 Å². The molecule has 1 saturated heterocycles. The number of hydrogen-bond acceptors (Lipinski definition) is 3. The predicted molar refractivity (Wildman–Crippen MR) is 63.1 cm³/mol. The van der Waals surface area contributed by atoms with E-state index in [0.29, 0.717) is 18.1 Å². The van der Waals surface area contributed by atoms with E-state index in [1.165, 1.54) is 0 Å². The SMILES string of the molecule is O=C(O)C1CN(c2cccc(Cl)c2)CCN1. The normalized spacial score (nSPS) is 20.8. The summed E-state index contributed by atoms with van der Waals surface area (Å²) in [5.41, 5.74) is 0.972. The van der Waals surface area contributed by atoms with E-state index in [1.54, 1.807) is 0 Å². The van der Waals surface area contributed by atoms with Crippen molar-refractivity contribution in [3.8, 4) is 0 Å². The highest BCUT2D eigenvalue weighted by atomic mass is 35.5. The van der Waals surface area contributed by atoms with Gasteiger partial charge in [0, 0.05) is 30.3 Å². The fourth-order valence-corrected chi connectivity index (χ4v) is 2.01. The lowest BCUT2D eigenvalue weighted by atomic mass is 10.2. The molecule has 86 valence electrons. The fraction of sp³-hybridized carbons (Fsp3) is 0.364. The van der Waals surface area contributed by atoms with Crippen LogP contribution in [0.1, 0.15) is 0 Å². The van der Waals surface area contributed by atoms with Crippen molar-refractivity contribution in [1.29, 1.82) is 0 Å². The van der Waals surface area contributed by atoms with E-state index in [9.17, 15) is 4.79 Å². The lowest BCUT2D eigenvalue weighted by Crippen LogP contribution is -2.54. The third kappa shape index (κ3) is 2.46. The summed E-state index contributed by atoms with van der Waals surface area (Å²) in [7, 11) is 0. The van der Waals surface area contributed by atoms with Gasteiger partial charge in [0.05, 0.1) is 0 Å². The Balaban J connectivity index is 2.12. The number of anilines is 1. The molecule has 16 heavy (non-hydrogen) atoms. The van der Waals surface area contributed by atoms with E-state index in [-0.39, 0.29) is 0 Å². The highest BCUT2D eigenvalue weighted by Gasteiger charge is 2.24. The molecule has 0 bridgehead atoms. The van der Waals surface area contributed by atoms with Crippen LogP contribution in [0.4, 0.5) is 5.69 Å². The van der Waals surface area contributed by atoms with E-state index in [4.69, 9.17) is 16.7 Å². The number of piperazine rings is 1. The first kappa shape index (κ1) is 11.2. The van der Waals surface area contributed by atoms with Gasteiger partial charge in [0.15, 0.2) is 0 Å². The van der Waals surface area contributed by atoms with Crippen LogP contribution in [0.15, 0.2) is 24.3 Å². The number of halogens is 1. The molecule has 0 aliphatic carbocycles. The Morgan fingerprint density at radius 3 is 3.06 bits per heavy atom. The molecule has 1 atom stereocenters. The molecule has 4 nitrogen and oxygen atoms in total. The number of nitrogens with zero attached hydrogens (tertiary/aromatic N) is 1. The molecule has 0 spiro atoms. The molecule has 1 aromatic rings. The second kappa shape index (κ2) is 4.72. The zero-order valence-electron chi connectivity index (χ0n) is 8.69. The van der Waals surface area contributed by atoms with Gasteiger partial charge >= 0.3 is 5.97 Å². The lowest BCUT2D eigenvalue weighted by molar-refractivity contribution is -0.139. The van der Waals surface area contributed by atoms with Crippen LogP contribution in [-0.2, 0) is 4.79 Å². The van der Waals surface area contributed by atoms with Gasteiger partial charge in [0.2, 0.25) is 0 Å². The summed E-state index contributed by atoms with van der Waals surface area (Å²) < 4.78 is 0. The van der Waals surface area contributed by atoms with Gasteiger partial charge in [-0.05, 0) is 18.2 Å². The first-order valence-corrected chi connectivity index (χ1v) is 5.51. The minimum Gasteiger partial charge on any atom is -0.480 e. The molecule has 5 heteroatoms. The second-order valence-electron chi connectivity index (χ2n) is 3.77. The summed E-state index contributed by atoms with van der Waals surface area (Å²) >= 11 is 5.90. The monoisotopic (exact) mass is 240 g/mol. The van der Waals surface area contributed by atoms with Crippen LogP contribution in [0.5, 0.6) is 0 Å². The van der Waals surface area contributed by atoms with E-state index in [0.717, 1.165) is 12.2 Å². The molecule has 0 saturated carbocycles. The maximum absolute atomic E-state index is 10.9. The van der Waals surface area contributed by atoms with Crippen molar-refractivity contribution in [3.05, 3.63) is 29.3 Å². The van der Waals surface area contributed by atoms with Crippen LogP contribution in [0.25, 0.3) is 0 Å². The largest absolute Gasteiger partial charge is 0.480 e. The lowest BCUT2D eigenvalue weighted by Gasteiger charge is -2.33. The summed E-state index contributed by atoms with van der Waals surface area (Å²) in [6, 6.07) is 6.96. The van der Waals surface area contributed by atoms with Gasteiger partial charge in [-0.2, -0.15) is 0 Å². The molecule has 1 aliphatic rings. The molecule has 1 aromatic carbocycles. The summed E-state index contributed by atoms with van der Waals surface area (Å²) in [6.07, 6.45) is 0. The Morgan fingerprint density at radius 1 is 1.56 bits per heavy atom. The maximum atomic E-state index is 10.9. The molecule has 0 amide bonds. The highest BCUT2D eigenvalue weighted by molar-refractivity contribution is 6.30. The Kier molecular flexibility index (Phi) is 3.31. The Hall–Kier alpha value is -1.26. The predicted octanol–water partition coefficient (Wildman–Crippen LogP) is 1.20. The van der Waals surface area contributed by atoms with Crippen molar-refractivity contribution in [2.75, 3.05) is 24.5 Å². The van der Waals surface area contributed by atoms with E-state index in [1.807, 2.05) is 29.2 Å². The number of nitrogens with one attached hydrogen (secondary N) is 1. The highest BCUT2D eigenvalue weighted by Crippen LogP contribution is 2.20. The molecular formula is C11H13ClN2O2. The minimum atomic E-state index is -0.813. The molecule has 1 heterocycles. The van der Waals surface area contributed by atoms with Crippen LogP contribution in [0.3, 0.4) is 0 Å². The molecule has 0 aromatic heterocycles. The molecule has 1 aliphatic heterocycles. The topological polar surface area (TPSA) is 52.6 Å². The molecule has 1 unspecified atom stereocenters. The van der Waals surface area contributed by atoms with Crippen LogP contribution < -0.4 is 10.2 Å². The fourth-order valence-electron chi connectivity index (χ4n) is 1.82. The van der Waals surface area contributed by atoms with Crippen molar-refractivity contribution in [3.63, 3.8) is 0 Å². The molecule has 1 fully saturated rings. The zero-order chi connectivity index (χ0) is 11.5. The standard InChI is InChI=1S/C11H13ClN2O2/c12-8-2-1-3-9(6-8)14-5-4-13-10(7-14)11(15)16/h1-3,6,10,13H,4-5,7H2,(H,15,16). The summed E-state index contributed by atoms with van der Waals surface area (Å²) in [4.78, 5) is 12.9. The van der Waals surface area contributed by atoms with Crippen LogP contribution in [0, 0.1) is 0 Å². The van der Waals surface area contributed by atoms with Gasteiger partial charge in [-0.3, -0.25) is 4.79 Å². The van der Waals surface area contributed by atoms with Crippen LogP contribution >= 0.6 is 11.6 Å². The summed E-state index contributed by atoms with van der Waals surface area (Å²) in [5, 5.41) is 12.6. The van der Waals surface area contributed by atoms with E-state index in [2.05, 4.69) is 5.32 Å². The van der Waals surface area contributed by atoms with Gasteiger partial charge in [-0.1, -0.05) is 17.7 Å². The average Bonchev–Trinajstić information content (AvgIpc) is 2.29. The van der Waals surface area contributed by atoms with E-state index < -0.39 is 12.0 Å². The van der Waals surface area contributed by atoms with Crippen LogP contribution in [-0.4, -0.2) is 36.8 Å². The number of carboxylic acids is 1. The van der Waals surface area contributed by atoms with Crippen molar-refractivity contribution < 1.29 is 9.90 Å². The van der Waals surface area contributed by atoms with Crippen molar-refractivity contribution in [1.82, 2.24) is 5.32 Å². The van der Waals surface area contributed by atoms with Crippen molar-refractivity contribution in [2.45, 2.75) is 6.04 Å². The quantitative estimate of drug-likeness (QED) is 0.816. The van der Waals surface area contributed by atoms with Crippen molar-refractivity contribution in [2.24, 2.45) is 0 Å². The first-order valence-electron chi connectivity index (χ1n) is 5.13. The van der Waals surface area contributed by atoms with Gasteiger partial charge in [0.25, 0.3) is 0 Å². The van der Waals surface area contributed by atoms with E-state index >= 15 is 0 Å². The minimum absolute atomic E-state index is 0.468. The zero-order valence-corrected chi connectivity index (χ0v) is 9.44. The molecule has 2 N–H and O–H groups in total. The Morgan fingerprint density at radius 2 is 2.38 bits per heavy atom. The molecule has 0 radical (unpaired) electrons. The Bertz CT molecular complexity index is 397. The number of rotatable bonds is 2.